The van der Waals surface area contributed by atoms with Crippen molar-refractivity contribution >= 4 is 34.2 Å². The number of halogens is 2. The van der Waals surface area contributed by atoms with E-state index in [1.165, 1.54) is 17.7 Å². The third-order valence-corrected chi connectivity index (χ3v) is 7.04. The molecule has 1 aromatic heterocycles. The number of benzene rings is 2. The molecular weight excluding hydrogens is 454 g/mol. The van der Waals surface area contributed by atoms with Crippen LogP contribution in [0.1, 0.15) is 56.6 Å². The van der Waals surface area contributed by atoms with E-state index < -0.39 is 34.5 Å². The fraction of sp³-hybridized carbons (Fsp3) is 0.370. The van der Waals surface area contributed by atoms with E-state index in [0.717, 1.165) is 17.7 Å². The number of hydrogen-bond donors (Lipinski definition) is 0. The van der Waals surface area contributed by atoms with Gasteiger partial charge in [0.25, 0.3) is 5.56 Å². The Morgan fingerprint density at radius 1 is 1.14 bits per heavy atom. The molecule has 2 heterocycles. The van der Waals surface area contributed by atoms with Crippen molar-refractivity contribution in [2.75, 3.05) is 12.0 Å². The lowest BCUT2D eigenvalue weighted by Gasteiger charge is -2.22. The van der Waals surface area contributed by atoms with Crippen LogP contribution in [0.3, 0.4) is 0 Å². The minimum Gasteiger partial charge on any atom is -0.469 e. The Labute approximate surface area is 201 Å². The van der Waals surface area contributed by atoms with E-state index in [1.807, 2.05) is 0 Å². The lowest BCUT2D eigenvalue weighted by molar-refractivity contribution is -0.140. The molecule has 1 aliphatic carbocycles. The zero-order valence-electron chi connectivity index (χ0n) is 19.9. The molecule has 0 bridgehead atoms. The zero-order valence-corrected chi connectivity index (χ0v) is 19.9. The predicted octanol–water partition coefficient (Wildman–Crippen LogP) is 5.07. The van der Waals surface area contributed by atoms with Gasteiger partial charge in [-0.2, -0.15) is 0 Å². The Bertz CT molecular complexity index is 1440. The van der Waals surface area contributed by atoms with E-state index in [-0.39, 0.29) is 35.8 Å². The summed E-state index contributed by atoms with van der Waals surface area (Å²) in [7, 11) is 1.30. The van der Waals surface area contributed by atoms with Crippen molar-refractivity contribution in [3.63, 3.8) is 0 Å². The number of carbonyl (C=O) groups excluding carboxylic acids is 2. The molecule has 0 atom stereocenters. The standard InChI is InChI=1S/C27H26F2N2O4/c1-27(2)22-23(29)17(15-10-11-15)14-18(28)24(22)31(26(27)34)20-13-16-7-4-5-8-19(16)30(25(20)33)12-6-9-21(32)35-3/h4-5,7-8,13-15H,6,9-12H2,1-3H3. The maximum atomic E-state index is 15.6. The molecule has 5 rings (SSSR count). The largest absolute Gasteiger partial charge is 0.469 e. The minimum atomic E-state index is -1.35. The first kappa shape index (κ1) is 23.2. The van der Waals surface area contributed by atoms with Gasteiger partial charge in [0, 0.05) is 23.9 Å². The second-order valence-electron chi connectivity index (χ2n) is 9.75. The number of aryl methyl sites for hydroxylation is 1. The van der Waals surface area contributed by atoms with Crippen LogP contribution in [0.15, 0.2) is 41.2 Å². The molecule has 1 saturated carbocycles. The molecule has 2 aliphatic rings. The number of pyridine rings is 1. The molecule has 1 fully saturated rings. The Balaban J connectivity index is 1.70. The van der Waals surface area contributed by atoms with E-state index >= 15 is 8.78 Å². The molecule has 6 nitrogen and oxygen atoms in total. The molecule has 0 spiro atoms. The molecule has 35 heavy (non-hydrogen) atoms. The quantitative estimate of drug-likeness (QED) is 0.462. The average molecular weight is 481 g/mol. The number of ether oxygens (including phenoxy) is 1. The molecule has 3 aromatic rings. The molecule has 0 N–H and O–H groups in total. The summed E-state index contributed by atoms with van der Waals surface area (Å²) >= 11 is 0. The van der Waals surface area contributed by atoms with Crippen LogP contribution in [-0.2, 0) is 26.3 Å². The molecule has 0 radical (unpaired) electrons. The number of para-hydroxylation sites is 1. The smallest absolute Gasteiger partial charge is 0.305 e. The summed E-state index contributed by atoms with van der Waals surface area (Å²) in [6.07, 6.45) is 2.02. The lowest BCUT2D eigenvalue weighted by atomic mass is 9.84. The number of aromatic nitrogens is 1. The van der Waals surface area contributed by atoms with Gasteiger partial charge in [0.15, 0.2) is 0 Å². The summed E-state index contributed by atoms with van der Waals surface area (Å²) in [4.78, 5) is 39.9. The van der Waals surface area contributed by atoms with Crippen LogP contribution in [0, 0.1) is 11.6 Å². The van der Waals surface area contributed by atoms with Crippen molar-refractivity contribution in [2.45, 2.75) is 57.4 Å². The number of carbonyl (C=O) groups is 2. The second kappa shape index (κ2) is 8.29. The van der Waals surface area contributed by atoms with E-state index in [2.05, 4.69) is 4.74 Å². The van der Waals surface area contributed by atoms with Gasteiger partial charge in [-0.25, -0.2) is 8.78 Å². The highest BCUT2D eigenvalue weighted by atomic mass is 19.1. The van der Waals surface area contributed by atoms with Crippen molar-refractivity contribution in [1.29, 1.82) is 0 Å². The highest BCUT2D eigenvalue weighted by Gasteiger charge is 2.50. The summed E-state index contributed by atoms with van der Waals surface area (Å²) in [5, 5.41) is 0.662. The van der Waals surface area contributed by atoms with Crippen LogP contribution in [0.25, 0.3) is 10.9 Å². The molecule has 1 aliphatic heterocycles. The van der Waals surface area contributed by atoms with E-state index in [9.17, 15) is 14.4 Å². The van der Waals surface area contributed by atoms with Gasteiger partial charge in [-0.05, 0) is 62.8 Å². The van der Waals surface area contributed by atoms with Crippen LogP contribution in [0.5, 0.6) is 0 Å². The normalized spacial score (nSPS) is 16.6. The molecule has 0 saturated heterocycles. The zero-order chi connectivity index (χ0) is 25.1. The topological polar surface area (TPSA) is 68.6 Å². The monoisotopic (exact) mass is 480 g/mol. The van der Waals surface area contributed by atoms with Crippen molar-refractivity contribution in [1.82, 2.24) is 4.57 Å². The fourth-order valence-electron chi connectivity index (χ4n) is 5.01. The van der Waals surface area contributed by atoms with Crippen LogP contribution in [-0.4, -0.2) is 23.6 Å². The third-order valence-electron chi connectivity index (χ3n) is 7.04. The van der Waals surface area contributed by atoms with E-state index in [1.54, 1.807) is 44.2 Å². The van der Waals surface area contributed by atoms with E-state index in [0.29, 0.717) is 22.9 Å². The summed E-state index contributed by atoms with van der Waals surface area (Å²) in [6.45, 7) is 3.31. The summed E-state index contributed by atoms with van der Waals surface area (Å²) in [5.74, 6) is -2.28. The van der Waals surface area contributed by atoms with Gasteiger partial charge in [0.1, 0.15) is 17.3 Å². The Hall–Kier alpha value is -3.55. The van der Waals surface area contributed by atoms with Gasteiger partial charge < -0.3 is 9.30 Å². The van der Waals surface area contributed by atoms with Gasteiger partial charge >= 0.3 is 5.97 Å². The Morgan fingerprint density at radius 3 is 2.54 bits per heavy atom. The summed E-state index contributed by atoms with van der Waals surface area (Å²) in [6, 6.07) is 9.85. The van der Waals surface area contributed by atoms with Gasteiger partial charge in [0.05, 0.1) is 23.7 Å². The first-order valence-electron chi connectivity index (χ1n) is 11.7. The van der Waals surface area contributed by atoms with Crippen molar-refractivity contribution < 1.29 is 23.1 Å². The van der Waals surface area contributed by atoms with Crippen LogP contribution < -0.4 is 10.5 Å². The number of hydrogen-bond acceptors (Lipinski definition) is 4. The van der Waals surface area contributed by atoms with Gasteiger partial charge in [-0.3, -0.25) is 19.3 Å². The maximum Gasteiger partial charge on any atom is 0.305 e. The van der Waals surface area contributed by atoms with Gasteiger partial charge in [0.2, 0.25) is 5.91 Å². The molecule has 2 aromatic carbocycles. The second-order valence-corrected chi connectivity index (χ2v) is 9.75. The number of fused-ring (bicyclic) bond motifs is 2. The third kappa shape index (κ3) is 3.63. The van der Waals surface area contributed by atoms with Gasteiger partial charge in [-0.15, -0.1) is 0 Å². The van der Waals surface area contributed by atoms with Crippen molar-refractivity contribution in [3.8, 4) is 0 Å². The van der Waals surface area contributed by atoms with Gasteiger partial charge in [-0.1, -0.05) is 18.2 Å². The highest BCUT2D eigenvalue weighted by Crippen LogP contribution is 2.51. The average Bonchev–Trinajstić information content (AvgIpc) is 3.64. The Kier molecular flexibility index (Phi) is 5.49. The van der Waals surface area contributed by atoms with Crippen LogP contribution in [0.4, 0.5) is 20.2 Å². The minimum absolute atomic E-state index is 0.00537. The molecular formula is C27H26F2N2O4. The summed E-state index contributed by atoms with van der Waals surface area (Å²) < 4.78 is 37.3. The van der Waals surface area contributed by atoms with E-state index in [4.69, 9.17) is 0 Å². The lowest BCUT2D eigenvalue weighted by Crippen LogP contribution is -2.37. The fourth-order valence-corrected chi connectivity index (χ4v) is 5.01. The van der Waals surface area contributed by atoms with Crippen LogP contribution in [0.2, 0.25) is 0 Å². The van der Waals surface area contributed by atoms with Crippen molar-refractivity contribution in [2.24, 2.45) is 0 Å². The molecule has 1 amide bonds. The first-order valence-corrected chi connectivity index (χ1v) is 11.7. The predicted molar refractivity (Wildman–Crippen MR) is 128 cm³/mol. The number of anilines is 2. The number of methoxy groups -OCH3 is 1. The summed E-state index contributed by atoms with van der Waals surface area (Å²) in [5.41, 5.74) is -1.20. The number of nitrogens with zero attached hydrogens (tertiary/aromatic N) is 2. The van der Waals surface area contributed by atoms with Crippen molar-refractivity contribution in [3.05, 3.63) is 69.5 Å². The maximum absolute atomic E-state index is 15.6. The number of rotatable bonds is 6. The number of esters is 1. The SMILES string of the molecule is COC(=O)CCCn1c(=O)c(N2C(=O)C(C)(C)c3c(F)c(C4CC4)cc(F)c32)cc2ccccc21. The Morgan fingerprint density at radius 2 is 1.86 bits per heavy atom. The number of amides is 1. The molecule has 8 heteroatoms. The first-order chi connectivity index (χ1) is 16.7. The van der Waals surface area contributed by atoms with Crippen LogP contribution >= 0.6 is 0 Å². The molecule has 0 unspecified atom stereocenters. The highest BCUT2D eigenvalue weighted by molar-refractivity contribution is 6.13. The molecule has 182 valence electrons.